The van der Waals surface area contributed by atoms with Crippen LogP contribution < -0.4 is 10.1 Å². The van der Waals surface area contributed by atoms with E-state index in [1.807, 2.05) is 6.92 Å². The van der Waals surface area contributed by atoms with Gasteiger partial charge in [-0.1, -0.05) is 6.07 Å². The van der Waals surface area contributed by atoms with Crippen molar-refractivity contribution in [2.24, 2.45) is 5.92 Å². The van der Waals surface area contributed by atoms with Gasteiger partial charge in [-0.15, -0.1) is 0 Å². The van der Waals surface area contributed by atoms with E-state index in [9.17, 15) is 9.50 Å². The molecule has 1 fully saturated rings. The summed E-state index contributed by atoms with van der Waals surface area (Å²) >= 11 is 0. The smallest absolute Gasteiger partial charge is 0.131 e. The molecule has 0 aliphatic heterocycles. The number of hydrogen-bond donors (Lipinski definition) is 2. The van der Waals surface area contributed by atoms with Crippen molar-refractivity contribution in [3.05, 3.63) is 29.6 Å². The number of nitrogens with one attached hydrogen (secondary N) is 1. The molecular weight excluding hydrogens is 245 g/mol. The van der Waals surface area contributed by atoms with E-state index >= 15 is 0 Å². The van der Waals surface area contributed by atoms with Crippen LogP contribution in [0.5, 0.6) is 5.75 Å². The molecule has 2 rings (SSSR count). The van der Waals surface area contributed by atoms with Crippen LogP contribution in [0.25, 0.3) is 0 Å². The van der Waals surface area contributed by atoms with E-state index in [1.165, 1.54) is 13.2 Å². The Morgan fingerprint density at radius 3 is 2.84 bits per heavy atom. The van der Waals surface area contributed by atoms with Crippen molar-refractivity contribution in [1.29, 1.82) is 0 Å². The molecule has 106 valence electrons. The molecule has 0 saturated heterocycles. The molecule has 19 heavy (non-hydrogen) atoms. The lowest BCUT2D eigenvalue weighted by molar-refractivity contribution is 0.177. The van der Waals surface area contributed by atoms with Gasteiger partial charge in [0.2, 0.25) is 0 Å². The van der Waals surface area contributed by atoms with Crippen LogP contribution in [-0.4, -0.2) is 24.9 Å². The highest BCUT2D eigenvalue weighted by atomic mass is 19.1. The Balaban J connectivity index is 1.90. The van der Waals surface area contributed by atoms with Crippen LogP contribution in [0.15, 0.2) is 18.2 Å². The Morgan fingerprint density at radius 2 is 2.26 bits per heavy atom. The van der Waals surface area contributed by atoms with Gasteiger partial charge >= 0.3 is 0 Å². The number of hydrogen-bond acceptors (Lipinski definition) is 3. The fourth-order valence-corrected chi connectivity index (χ4v) is 2.67. The molecule has 0 heterocycles. The second-order valence-electron chi connectivity index (χ2n) is 5.35. The third-order valence-corrected chi connectivity index (χ3v) is 3.90. The second-order valence-corrected chi connectivity index (χ2v) is 5.35. The van der Waals surface area contributed by atoms with Gasteiger partial charge in [-0.3, -0.25) is 0 Å². The van der Waals surface area contributed by atoms with Crippen molar-refractivity contribution < 1.29 is 14.2 Å². The molecule has 2 N–H and O–H groups in total. The number of aliphatic hydroxyl groups excluding tert-OH is 1. The third-order valence-electron chi connectivity index (χ3n) is 3.90. The first-order valence-electron chi connectivity index (χ1n) is 6.85. The van der Waals surface area contributed by atoms with Crippen LogP contribution in [0.2, 0.25) is 0 Å². The van der Waals surface area contributed by atoms with Crippen LogP contribution in [0.1, 0.15) is 37.8 Å². The summed E-state index contributed by atoms with van der Waals surface area (Å²) in [4.78, 5) is 0. The summed E-state index contributed by atoms with van der Waals surface area (Å²) in [6.07, 6.45) is 2.63. The standard InChI is InChI=1S/C15H22FNO2/c1-10(17-9-11-3-4-12(18)7-11)14-6-5-13(19-2)8-15(14)16/h5-6,8,10-12,17-18H,3-4,7,9H2,1-2H3. The van der Waals surface area contributed by atoms with Gasteiger partial charge in [0.25, 0.3) is 0 Å². The van der Waals surface area contributed by atoms with Gasteiger partial charge < -0.3 is 15.2 Å². The fraction of sp³-hybridized carbons (Fsp3) is 0.600. The zero-order valence-electron chi connectivity index (χ0n) is 11.5. The Kier molecular flexibility index (Phi) is 4.77. The molecular formula is C15H22FNO2. The maximum absolute atomic E-state index is 13.9. The molecule has 3 nitrogen and oxygen atoms in total. The fourth-order valence-electron chi connectivity index (χ4n) is 2.67. The summed E-state index contributed by atoms with van der Waals surface area (Å²) in [6.45, 7) is 2.78. The zero-order chi connectivity index (χ0) is 13.8. The van der Waals surface area contributed by atoms with Crippen LogP contribution in [-0.2, 0) is 0 Å². The number of methoxy groups -OCH3 is 1. The van der Waals surface area contributed by atoms with Crippen molar-refractivity contribution in [2.45, 2.75) is 38.3 Å². The van der Waals surface area contributed by atoms with Crippen LogP contribution in [0.4, 0.5) is 4.39 Å². The lowest BCUT2D eigenvalue weighted by Gasteiger charge is -2.18. The number of benzene rings is 1. The molecule has 1 saturated carbocycles. The maximum Gasteiger partial charge on any atom is 0.131 e. The second kappa shape index (κ2) is 6.35. The molecule has 0 bridgehead atoms. The summed E-state index contributed by atoms with van der Waals surface area (Å²) in [5.41, 5.74) is 0.652. The van der Waals surface area contributed by atoms with Gasteiger partial charge in [0, 0.05) is 17.7 Å². The maximum atomic E-state index is 13.9. The summed E-state index contributed by atoms with van der Waals surface area (Å²) < 4.78 is 18.9. The first-order chi connectivity index (χ1) is 9.10. The van der Waals surface area contributed by atoms with E-state index in [4.69, 9.17) is 4.74 Å². The number of halogens is 1. The minimum atomic E-state index is -0.245. The molecule has 0 amide bonds. The SMILES string of the molecule is COc1ccc(C(C)NCC2CCC(O)C2)c(F)c1. The highest BCUT2D eigenvalue weighted by Crippen LogP contribution is 2.26. The van der Waals surface area contributed by atoms with Crippen molar-refractivity contribution in [3.8, 4) is 5.75 Å². The first kappa shape index (κ1) is 14.3. The molecule has 1 aromatic carbocycles. The molecule has 3 atom stereocenters. The molecule has 0 spiro atoms. The van der Waals surface area contributed by atoms with Gasteiger partial charge in [-0.25, -0.2) is 4.39 Å². The average Bonchev–Trinajstić information content (AvgIpc) is 2.81. The van der Waals surface area contributed by atoms with Crippen molar-refractivity contribution in [3.63, 3.8) is 0 Å². The van der Waals surface area contributed by atoms with E-state index in [2.05, 4.69) is 5.32 Å². The van der Waals surface area contributed by atoms with Gasteiger partial charge in [0.05, 0.1) is 13.2 Å². The van der Waals surface area contributed by atoms with Crippen LogP contribution in [0, 0.1) is 11.7 Å². The van der Waals surface area contributed by atoms with E-state index < -0.39 is 0 Å². The van der Waals surface area contributed by atoms with E-state index in [-0.39, 0.29) is 18.0 Å². The summed E-state index contributed by atoms with van der Waals surface area (Å²) in [5.74, 6) is 0.789. The monoisotopic (exact) mass is 267 g/mol. The van der Waals surface area contributed by atoms with Crippen molar-refractivity contribution in [2.75, 3.05) is 13.7 Å². The molecule has 4 heteroatoms. The molecule has 0 aromatic heterocycles. The van der Waals surface area contributed by atoms with E-state index in [1.54, 1.807) is 12.1 Å². The molecule has 1 aromatic rings. The molecule has 1 aliphatic rings. The minimum Gasteiger partial charge on any atom is -0.497 e. The number of ether oxygens (including phenoxy) is 1. The van der Waals surface area contributed by atoms with Gasteiger partial charge in [0.15, 0.2) is 0 Å². The lowest BCUT2D eigenvalue weighted by Crippen LogP contribution is -2.25. The molecule has 3 unspecified atom stereocenters. The minimum absolute atomic E-state index is 0.0383. The van der Waals surface area contributed by atoms with Gasteiger partial charge in [-0.2, -0.15) is 0 Å². The Labute approximate surface area is 113 Å². The van der Waals surface area contributed by atoms with Gasteiger partial charge in [-0.05, 0) is 44.7 Å². The third kappa shape index (κ3) is 3.67. The number of rotatable bonds is 5. The molecule has 1 aliphatic carbocycles. The van der Waals surface area contributed by atoms with Crippen LogP contribution >= 0.6 is 0 Å². The largest absolute Gasteiger partial charge is 0.497 e. The summed E-state index contributed by atoms with van der Waals surface area (Å²) in [6, 6.07) is 4.90. The highest BCUT2D eigenvalue weighted by Gasteiger charge is 2.23. The number of aliphatic hydroxyl groups is 1. The quantitative estimate of drug-likeness (QED) is 0.861. The first-order valence-corrected chi connectivity index (χ1v) is 6.85. The summed E-state index contributed by atoms with van der Waals surface area (Å²) in [7, 11) is 1.53. The highest BCUT2D eigenvalue weighted by molar-refractivity contribution is 5.30. The van der Waals surface area contributed by atoms with Gasteiger partial charge in [0.1, 0.15) is 11.6 Å². The lowest BCUT2D eigenvalue weighted by atomic mass is 10.0. The Morgan fingerprint density at radius 1 is 1.47 bits per heavy atom. The topological polar surface area (TPSA) is 41.5 Å². The molecule has 0 radical (unpaired) electrons. The normalized spacial score (nSPS) is 24.4. The Hall–Kier alpha value is -1.13. The zero-order valence-corrected chi connectivity index (χ0v) is 11.5. The van der Waals surface area contributed by atoms with Crippen LogP contribution in [0.3, 0.4) is 0 Å². The Bertz CT molecular complexity index is 425. The van der Waals surface area contributed by atoms with Crippen molar-refractivity contribution >= 4 is 0 Å². The summed E-state index contributed by atoms with van der Waals surface area (Å²) in [5, 5.41) is 12.8. The van der Waals surface area contributed by atoms with E-state index in [0.29, 0.717) is 17.2 Å². The predicted octanol–water partition coefficient (Wildman–Crippen LogP) is 2.65. The van der Waals surface area contributed by atoms with E-state index in [0.717, 1.165) is 25.8 Å². The van der Waals surface area contributed by atoms with Crippen molar-refractivity contribution in [1.82, 2.24) is 5.32 Å². The average molecular weight is 267 g/mol. The predicted molar refractivity (Wildman–Crippen MR) is 72.7 cm³/mol.